The van der Waals surface area contributed by atoms with Gasteiger partial charge in [0.05, 0.1) is 26.2 Å². The van der Waals surface area contributed by atoms with Gasteiger partial charge in [0.1, 0.15) is 0 Å². The Bertz CT molecular complexity index is 292. The molecule has 0 atom stereocenters. The van der Waals surface area contributed by atoms with Crippen LogP contribution in [0.4, 0.5) is 0 Å². The van der Waals surface area contributed by atoms with Gasteiger partial charge < -0.3 is 19.5 Å². The number of carbonyl (C=O) groups is 1. The van der Waals surface area contributed by atoms with Crippen molar-refractivity contribution in [2.45, 2.75) is 99.3 Å². The molecule has 0 fully saturated rings. The molecule has 0 spiro atoms. The van der Waals surface area contributed by atoms with Gasteiger partial charge in [0.25, 0.3) is 0 Å². The van der Waals surface area contributed by atoms with Gasteiger partial charge in [-0.3, -0.25) is 0 Å². The average molecular weight is 374 g/mol. The minimum atomic E-state index is -0.954. The number of carbonyl (C=O) groups excluding carboxylic acids is 1. The zero-order chi connectivity index (χ0) is 20.5. The van der Waals surface area contributed by atoms with Crippen molar-refractivity contribution in [2.75, 3.05) is 32.8 Å². The van der Waals surface area contributed by atoms with Crippen LogP contribution in [0.15, 0.2) is 0 Å². The second-order valence-electron chi connectivity index (χ2n) is 8.30. The summed E-state index contributed by atoms with van der Waals surface area (Å²) in [6, 6.07) is 0. The number of carboxylic acids is 1. The van der Waals surface area contributed by atoms with Crippen molar-refractivity contribution >= 4 is 5.97 Å². The van der Waals surface area contributed by atoms with E-state index in [1.165, 1.54) is 69.2 Å². The second-order valence-corrected chi connectivity index (χ2v) is 8.30. The topological polar surface area (TPSA) is 60.4 Å². The van der Waals surface area contributed by atoms with Crippen LogP contribution in [0, 0.1) is 5.41 Å². The zero-order valence-corrected chi connectivity index (χ0v) is 18.6. The first-order valence-corrected chi connectivity index (χ1v) is 10.9. The SMILES string of the molecule is CCCC(C)(C)C(=O)[O-].CCCC[N+](CCCC)(CCCC)CCCO. The van der Waals surface area contributed by atoms with Gasteiger partial charge in [-0.15, -0.1) is 0 Å². The lowest BCUT2D eigenvalue weighted by atomic mass is 9.88. The van der Waals surface area contributed by atoms with Crippen molar-refractivity contribution in [3.63, 3.8) is 0 Å². The minimum absolute atomic E-state index is 0.352. The lowest BCUT2D eigenvalue weighted by molar-refractivity contribution is -0.929. The largest absolute Gasteiger partial charge is 0.550 e. The highest BCUT2D eigenvalue weighted by Crippen LogP contribution is 2.20. The molecule has 0 aromatic heterocycles. The summed E-state index contributed by atoms with van der Waals surface area (Å²) in [5.41, 5.74) is -0.644. The zero-order valence-electron chi connectivity index (χ0n) is 18.6. The van der Waals surface area contributed by atoms with Crippen LogP contribution in [0.3, 0.4) is 0 Å². The fraction of sp³-hybridized carbons (Fsp3) is 0.955. The lowest BCUT2D eigenvalue weighted by Crippen LogP contribution is -2.51. The van der Waals surface area contributed by atoms with Crippen LogP contribution >= 0.6 is 0 Å². The number of hydrogen-bond donors (Lipinski definition) is 1. The Labute approximate surface area is 163 Å². The molecular weight excluding hydrogens is 326 g/mol. The molecule has 0 saturated carbocycles. The fourth-order valence-electron chi connectivity index (χ4n) is 3.28. The molecular formula is C22H47NO3. The predicted molar refractivity (Wildman–Crippen MR) is 110 cm³/mol. The molecule has 0 heterocycles. The molecule has 0 bridgehead atoms. The predicted octanol–water partition coefficient (Wildman–Crippen LogP) is 4.15. The summed E-state index contributed by atoms with van der Waals surface area (Å²) in [4.78, 5) is 10.3. The Morgan fingerprint density at radius 3 is 1.42 bits per heavy atom. The number of rotatable bonds is 15. The Morgan fingerprint density at radius 1 is 0.808 bits per heavy atom. The van der Waals surface area contributed by atoms with Crippen LogP contribution in [0.1, 0.15) is 99.3 Å². The normalized spacial score (nSPS) is 11.8. The molecule has 0 amide bonds. The standard InChI is InChI=1S/C15H34NO.C7H14O2/c1-4-7-11-16(12-8-5-2,13-9-6-3)14-10-15-17;1-4-5-7(2,3)6(8)9/h17H,4-15H2,1-3H3;4-5H2,1-3H3,(H,8,9)/q+1;/p-1. The Balaban J connectivity index is 0. The van der Waals surface area contributed by atoms with Gasteiger partial charge >= 0.3 is 0 Å². The van der Waals surface area contributed by atoms with Gasteiger partial charge in [-0.25, -0.2) is 0 Å². The second kappa shape index (κ2) is 16.6. The van der Waals surface area contributed by atoms with Crippen LogP contribution in [0.5, 0.6) is 0 Å². The number of hydrogen-bond acceptors (Lipinski definition) is 3. The smallest absolute Gasteiger partial charge is 0.0808 e. The molecule has 0 unspecified atom stereocenters. The molecule has 0 aliphatic carbocycles. The van der Waals surface area contributed by atoms with Crippen LogP contribution in [-0.4, -0.2) is 48.3 Å². The summed E-state index contributed by atoms with van der Waals surface area (Å²) in [5.74, 6) is -0.954. The molecule has 0 radical (unpaired) electrons. The molecule has 0 aliphatic heterocycles. The van der Waals surface area contributed by atoms with Gasteiger partial charge in [-0.1, -0.05) is 67.2 Å². The number of aliphatic carboxylic acids is 1. The summed E-state index contributed by atoms with van der Waals surface area (Å²) in [6.07, 6.45) is 10.4. The number of aliphatic hydroxyl groups is 1. The highest BCUT2D eigenvalue weighted by molar-refractivity contribution is 5.71. The van der Waals surface area contributed by atoms with Crippen LogP contribution in [0.2, 0.25) is 0 Å². The van der Waals surface area contributed by atoms with Gasteiger partial charge in [-0.2, -0.15) is 0 Å². The molecule has 0 aromatic carbocycles. The third-order valence-corrected chi connectivity index (χ3v) is 5.18. The van der Waals surface area contributed by atoms with E-state index in [9.17, 15) is 9.90 Å². The van der Waals surface area contributed by atoms with E-state index >= 15 is 0 Å². The first-order valence-electron chi connectivity index (χ1n) is 10.9. The molecule has 0 rings (SSSR count). The lowest BCUT2D eigenvalue weighted by Gasteiger charge is -2.39. The molecule has 0 saturated heterocycles. The quantitative estimate of drug-likeness (QED) is 0.439. The Kier molecular flexibility index (Phi) is 17.6. The molecule has 26 heavy (non-hydrogen) atoms. The van der Waals surface area contributed by atoms with Gasteiger partial charge in [0.15, 0.2) is 0 Å². The molecule has 158 valence electrons. The molecule has 4 heteroatoms. The molecule has 0 aromatic rings. The molecule has 1 N–H and O–H groups in total. The van der Waals surface area contributed by atoms with Crippen molar-refractivity contribution in [1.82, 2.24) is 0 Å². The molecule has 0 aliphatic rings. The van der Waals surface area contributed by atoms with Gasteiger partial charge in [-0.05, 0) is 25.7 Å². The maximum Gasteiger partial charge on any atom is 0.0808 e. The number of aliphatic hydroxyl groups excluding tert-OH is 1. The van der Waals surface area contributed by atoms with Crippen molar-refractivity contribution in [3.8, 4) is 0 Å². The first-order chi connectivity index (χ1) is 12.2. The van der Waals surface area contributed by atoms with E-state index in [-0.39, 0.29) is 0 Å². The van der Waals surface area contributed by atoms with Crippen LogP contribution in [-0.2, 0) is 4.79 Å². The fourth-order valence-corrected chi connectivity index (χ4v) is 3.28. The third kappa shape index (κ3) is 13.6. The molecule has 4 nitrogen and oxygen atoms in total. The Hall–Kier alpha value is -0.610. The maximum absolute atomic E-state index is 10.3. The minimum Gasteiger partial charge on any atom is -0.550 e. The summed E-state index contributed by atoms with van der Waals surface area (Å²) in [5, 5.41) is 19.4. The number of quaternary nitrogens is 1. The number of carboxylic acid groups (broad SMARTS) is 1. The van der Waals surface area contributed by atoms with Crippen molar-refractivity contribution in [1.29, 1.82) is 0 Å². The van der Waals surface area contributed by atoms with Crippen LogP contribution in [0.25, 0.3) is 0 Å². The van der Waals surface area contributed by atoms with E-state index in [1.54, 1.807) is 13.8 Å². The van der Waals surface area contributed by atoms with Gasteiger partial charge in [0.2, 0.25) is 0 Å². The third-order valence-electron chi connectivity index (χ3n) is 5.18. The van der Waals surface area contributed by atoms with Crippen molar-refractivity contribution < 1.29 is 19.5 Å². The summed E-state index contributed by atoms with van der Waals surface area (Å²) in [7, 11) is 0. The first kappa shape index (κ1) is 27.6. The van der Waals surface area contributed by atoms with Crippen LogP contribution < -0.4 is 5.11 Å². The monoisotopic (exact) mass is 373 g/mol. The average Bonchev–Trinajstić information content (AvgIpc) is 2.61. The highest BCUT2D eigenvalue weighted by atomic mass is 16.4. The Morgan fingerprint density at radius 2 is 1.19 bits per heavy atom. The van der Waals surface area contributed by atoms with E-state index in [2.05, 4.69) is 20.8 Å². The van der Waals surface area contributed by atoms with Crippen molar-refractivity contribution in [3.05, 3.63) is 0 Å². The van der Waals surface area contributed by atoms with E-state index in [4.69, 9.17) is 5.11 Å². The number of nitrogens with zero attached hydrogens (tertiary/aromatic N) is 1. The van der Waals surface area contributed by atoms with Crippen molar-refractivity contribution in [2.24, 2.45) is 5.41 Å². The van der Waals surface area contributed by atoms with E-state index in [0.29, 0.717) is 13.0 Å². The summed E-state index contributed by atoms with van der Waals surface area (Å²) in [6.45, 7) is 17.6. The summed E-state index contributed by atoms with van der Waals surface area (Å²) >= 11 is 0. The maximum atomic E-state index is 10.3. The van der Waals surface area contributed by atoms with E-state index in [0.717, 1.165) is 12.8 Å². The van der Waals surface area contributed by atoms with E-state index < -0.39 is 11.4 Å². The van der Waals surface area contributed by atoms with E-state index in [1.807, 2.05) is 6.92 Å². The number of unbranched alkanes of at least 4 members (excludes halogenated alkanes) is 3. The van der Waals surface area contributed by atoms with Gasteiger partial charge in [0, 0.05) is 24.4 Å². The highest BCUT2D eigenvalue weighted by Gasteiger charge is 2.24. The summed E-state index contributed by atoms with van der Waals surface area (Å²) < 4.78 is 1.26.